The number of rotatable bonds is 4. The summed E-state index contributed by atoms with van der Waals surface area (Å²) >= 11 is 0. The van der Waals surface area contributed by atoms with Gasteiger partial charge in [-0.05, 0) is 50.3 Å². The van der Waals surface area contributed by atoms with Crippen molar-refractivity contribution in [2.45, 2.75) is 47.1 Å². The molecule has 2 heteroatoms. The van der Waals surface area contributed by atoms with Gasteiger partial charge in [-0.3, -0.25) is 4.99 Å². The second kappa shape index (κ2) is 5.85. The molecule has 0 bridgehead atoms. The third-order valence-electron chi connectivity index (χ3n) is 2.50. The largest absolute Gasteiger partial charge is 0.507 e. The van der Waals surface area contributed by atoms with Crippen molar-refractivity contribution in [2.24, 2.45) is 10.9 Å². The molecule has 94 valence electrons. The molecule has 0 aromatic heterocycles. The maximum absolute atomic E-state index is 10.2. The molecule has 0 aliphatic heterocycles. The van der Waals surface area contributed by atoms with Gasteiger partial charge in [0.15, 0.2) is 0 Å². The number of benzene rings is 1. The Hall–Kier alpha value is -1.31. The Morgan fingerprint density at radius 1 is 1.24 bits per heavy atom. The zero-order valence-corrected chi connectivity index (χ0v) is 11.5. The smallest absolute Gasteiger partial charge is 0.127 e. The molecule has 0 spiro atoms. The molecule has 0 amide bonds. The Morgan fingerprint density at radius 2 is 1.88 bits per heavy atom. The first-order valence-corrected chi connectivity index (χ1v) is 6.25. The number of hydrogen-bond acceptors (Lipinski definition) is 2. The number of aryl methyl sites for hydroxylation is 1. The van der Waals surface area contributed by atoms with Crippen LogP contribution in [0.2, 0.25) is 0 Å². The summed E-state index contributed by atoms with van der Waals surface area (Å²) in [6.45, 7) is 10.4. The predicted octanol–water partition coefficient (Wildman–Crippen LogP) is 3.73. The van der Waals surface area contributed by atoms with Gasteiger partial charge in [0.1, 0.15) is 5.75 Å². The van der Waals surface area contributed by atoms with Gasteiger partial charge in [-0.2, -0.15) is 0 Å². The van der Waals surface area contributed by atoms with E-state index >= 15 is 0 Å². The maximum atomic E-state index is 10.2. The summed E-state index contributed by atoms with van der Waals surface area (Å²) in [4.78, 5) is 4.33. The third kappa shape index (κ3) is 4.22. The Balaban J connectivity index is 3.09. The molecule has 1 N–H and O–H groups in total. The molecule has 2 nitrogen and oxygen atoms in total. The van der Waals surface area contributed by atoms with Gasteiger partial charge < -0.3 is 5.11 Å². The van der Waals surface area contributed by atoms with E-state index in [1.165, 1.54) is 5.56 Å². The highest BCUT2D eigenvalue weighted by molar-refractivity contribution is 5.84. The van der Waals surface area contributed by atoms with Gasteiger partial charge in [-0.25, -0.2) is 0 Å². The SMILES string of the molecule is Cc1cc(C=NC(C)C)c(O)c(CC(C)C)c1. The molecule has 1 aromatic carbocycles. The molecule has 0 unspecified atom stereocenters. The van der Waals surface area contributed by atoms with Crippen LogP contribution in [0.3, 0.4) is 0 Å². The normalized spacial score (nSPS) is 11.9. The summed E-state index contributed by atoms with van der Waals surface area (Å²) < 4.78 is 0. The Bertz CT molecular complexity index is 406. The molecular formula is C15H23NO. The first-order chi connectivity index (χ1) is 7.90. The predicted molar refractivity (Wildman–Crippen MR) is 74.1 cm³/mol. The first kappa shape index (κ1) is 13.8. The van der Waals surface area contributed by atoms with Crippen LogP contribution in [-0.4, -0.2) is 17.4 Å². The lowest BCUT2D eigenvalue weighted by Gasteiger charge is -2.11. The van der Waals surface area contributed by atoms with Gasteiger partial charge in [0.05, 0.1) is 0 Å². The molecule has 1 rings (SSSR count). The second-order valence-electron chi connectivity index (χ2n) is 5.33. The van der Waals surface area contributed by atoms with E-state index < -0.39 is 0 Å². The summed E-state index contributed by atoms with van der Waals surface area (Å²) in [7, 11) is 0. The highest BCUT2D eigenvalue weighted by atomic mass is 16.3. The van der Waals surface area contributed by atoms with Crippen molar-refractivity contribution in [3.05, 3.63) is 28.8 Å². The van der Waals surface area contributed by atoms with Gasteiger partial charge in [-0.1, -0.05) is 19.9 Å². The minimum Gasteiger partial charge on any atom is -0.507 e. The molecule has 1 aromatic rings. The number of nitrogens with zero attached hydrogens (tertiary/aromatic N) is 1. The van der Waals surface area contributed by atoms with Gasteiger partial charge in [0.25, 0.3) is 0 Å². The number of aliphatic imine (C=N–C) groups is 1. The fourth-order valence-corrected chi connectivity index (χ4v) is 1.81. The van der Waals surface area contributed by atoms with Crippen LogP contribution >= 0.6 is 0 Å². The van der Waals surface area contributed by atoms with Crippen molar-refractivity contribution in [1.82, 2.24) is 0 Å². The number of phenolic OH excluding ortho intramolecular Hbond substituents is 1. The van der Waals surface area contributed by atoms with Gasteiger partial charge >= 0.3 is 0 Å². The molecule has 0 saturated carbocycles. The van der Waals surface area contributed by atoms with Crippen LogP contribution < -0.4 is 0 Å². The number of hydrogen-bond donors (Lipinski definition) is 1. The molecule has 0 saturated heterocycles. The topological polar surface area (TPSA) is 32.6 Å². The van der Waals surface area contributed by atoms with E-state index in [1.54, 1.807) is 6.21 Å². The first-order valence-electron chi connectivity index (χ1n) is 6.25. The molecular weight excluding hydrogens is 210 g/mol. The maximum Gasteiger partial charge on any atom is 0.127 e. The highest BCUT2D eigenvalue weighted by Gasteiger charge is 2.09. The van der Waals surface area contributed by atoms with Crippen molar-refractivity contribution in [3.63, 3.8) is 0 Å². The van der Waals surface area contributed by atoms with Crippen LogP contribution in [0.4, 0.5) is 0 Å². The van der Waals surface area contributed by atoms with Crippen LogP contribution in [0.25, 0.3) is 0 Å². The van der Waals surface area contributed by atoms with E-state index in [0.29, 0.717) is 11.7 Å². The van der Waals surface area contributed by atoms with E-state index in [0.717, 1.165) is 17.5 Å². The fraction of sp³-hybridized carbons (Fsp3) is 0.533. The van der Waals surface area contributed by atoms with Crippen LogP contribution in [0.5, 0.6) is 5.75 Å². The van der Waals surface area contributed by atoms with Crippen molar-refractivity contribution in [3.8, 4) is 5.75 Å². The highest BCUT2D eigenvalue weighted by Crippen LogP contribution is 2.25. The molecule has 0 aliphatic carbocycles. The third-order valence-corrected chi connectivity index (χ3v) is 2.50. The zero-order chi connectivity index (χ0) is 13.0. The number of aromatic hydroxyl groups is 1. The lowest BCUT2D eigenvalue weighted by atomic mass is 9.97. The van der Waals surface area contributed by atoms with E-state index in [4.69, 9.17) is 0 Å². The second-order valence-corrected chi connectivity index (χ2v) is 5.33. The Morgan fingerprint density at radius 3 is 2.41 bits per heavy atom. The summed E-state index contributed by atoms with van der Waals surface area (Å²) in [6, 6.07) is 4.29. The standard InChI is InChI=1S/C15H23NO/c1-10(2)6-13-7-12(5)8-14(15(13)17)9-16-11(3)4/h7-11,17H,6H2,1-5H3. The summed E-state index contributed by atoms with van der Waals surface area (Å²) in [5.41, 5.74) is 3.02. The lowest BCUT2D eigenvalue weighted by Crippen LogP contribution is -1.99. The average molecular weight is 233 g/mol. The van der Waals surface area contributed by atoms with Crippen LogP contribution in [0.15, 0.2) is 17.1 Å². The Kier molecular flexibility index (Phi) is 4.73. The minimum absolute atomic E-state index is 0.253. The van der Waals surface area contributed by atoms with Crippen molar-refractivity contribution < 1.29 is 5.11 Å². The van der Waals surface area contributed by atoms with Crippen molar-refractivity contribution in [2.75, 3.05) is 0 Å². The minimum atomic E-state index is 0.253. The monoisotopic (exact) mass is 233 g/mol. The van der Waals surface area contributed by atoms with Gasteiger partial charge in [-0.15, -0.1) is 0 Å². The quantitative estimate of drug-likeness (QED) is 0.790. The van der Waals surface area contributed by atoms with E-state index in [9.17, 15) is 5.11 Å². The average Bonchev–Trinajstić information content (AvgIpc) is 2.19. The fourth-order valence-electron chi connectivity index (χ4n) is 1.81. The molecule has 0 heterocycles. The van der Waals surface area contributed by atoms with Gasteiger partial charge in [0.2, 0.25) is 0 Å². The van der Waals surface area contributed by atoms with E-state index in [2.05, 4.69) is 31.8 Å². The van der Waals surface area contributed by atoms with Crippen molar-refractivity contribution >= 4 is 6.21 Å². The zero-order valence-electron chi connectivity index (χ0n) is 11.5. The molecule has 0 aliphatic rings. The van der Waals surface area contributed by atoms with E-state index in [1.807, 2.05) is 19.9 Å². The Labute approximate surface area is 104 Å². The summed E-state index contributed by atoms with van der Waals surface area (Å²) in [6.07, 6.45) is 2.67. The van der Waals surface area contributed by atoms with Gasteiger partial charge in [0, 0.05) is 17.8 Å². The lowest BCUT2D eigenvalue weighted by molar-refractivity contribution is 0.461. The summed E-state index contributed by atoms with van der Waals surface area (Å²) in [5.74, 6) is 0.922. The molecule has 0 radical (unpaired) electrons. The number of phenols is 1. The molecule has 0 fully saturated rings. The molecule has 0 atom stereocenters. The molecule has 17 heavy (non-hydrogen) atoms. The van der Waals surface area contributed by atoms with Crippen LogP contribution in [0, 0.1) is 12.8 Å². The van der Waals surface area contributed by atoms with Crippen LogP contribution in [-0.2, 0) is 6.42 Å². The summed E-state index contributed by atoms with van der Waals surface area (Å²) in [5, 5.41) is 10.2. The van der Waals surface area contributed by atoms with Crippen molar-refractivity contribution in [1.29, 1.82) is 0 Å². The van der Waals surface area contributed by atoms with Crippen LogP contribution in [0.1, 0.15) is 44.4 Å². The van der Waals surface area contributed by atoms with E-state index in [-0.39, 0.29) is 6.04 Å².